The molecule has 0 N–H and O–H groups in total. The average molecular weight is 676 g/mol. The van der Waals surface area contributed by atoms with Crippen LogP contribution in [0.2, 0.25) is 0 Å². The summed E-state index contributed by atoms with van der Waals surface area (Å²) < 4.78 is 6.49. The Labute approximate surface area is 305 Å². The molecule has 0 aliphatic carbocycles. The van der Waals surface area contributed by atoms with Crippen LogP contribution in [0.25, 0.3) is 111 Å². The number of hydrogen-bond donors (Lipinski definition) is 0. The summed E-state index contributed by atoms with van der Waals surface area (Å²) in [5, 5.41) is 9.55. The topological polar surface area (TPSA) is 51.8 Å². The molecule has 0 aliphatic rings. The van der Waals surface area contributed by atoms with Crippen molar-refractivity contribution in [2.75, 3.05) is 0 Å². The van der Waals surface area contributed by atoms with Gasteiger partial charge in [0.25, 0.3) is 0 Å². The summed E-state index contributed by atoms with van der Waals surface area (Å²) in [6, 6.07) is 61.6. The maximum Gasteiger partial charge on any atom is 0.164 e. The van der Waals surface area contributed by atoms with Crippen LogP contribution in [-0.2, 0) is 0 Å². The summed E-state index contributed by atoms with van der Waals surface area (Å²) >= 11 is 0. The third kappa shape index (κ3) is 4.88. The summed E-state index contributed by atoms with van der Waals surface area (Å²) in [5.41, 5.74) is 9.27. The molecule has 0 spiro atoms. The molecule has 0 aliphatic heterocycles. The molecule has 11 aromatic rings. The Bertz CT molecular complexity index is 3150. The fraction of sp³-hybridized carbons (Fsp3) is 0. The van der Waals surface area contributed by atoms with E-state index in [0.29, 0.717) is 17.5 Å². The molecular formula is C49H29N3O. The molecule has 0 saturated heterocycles. The van der Waals surface area contributed by atoms with E-state index in [1.807, 2.05) is 30.3 Å². The second kappa shape index (κ2) is 11.7. The van der Waals surface area contributed by atoms with Gasteiger partial charge in [0.15, 0.2) is 17.5 Å². The van der Waals surface area contributed by atoms with Gasteiger partial charge in [0.2, 0.25) is 0 Å². The first kappa shape index (κ1) is 29.5. The molecule has 9 aromatic carbocycles. The maximum absolute atomic E-state index is 6.49. The molecule has 246 valence electrons. The standard InChI is InChI=1S/C49H29N3O/c1-3-10-30(11-4-1)38-28-42-39-25-24-36(27-41(39)40-16-9-17-43-45(40)46(42)44(29-38)53-43)32-18-21-34(22-19-32)48-50-47(33-13-5-2-6-14-33)51-49(52-48)37-23-20-31-12-7-8-15-35(31)26-37/h1-29H. The van der Waals surface area contributed by atoms with Gasteiger partial charge in [-0.1, -0.05) is 146 Å². The van der Waals surface area contributed by atoms with E-state index in [2.05, 4.69) is 146 Å². The number of fused-ring (bicyclic) bond motifs is 4. The van der Waals surface area contributed by atoms with Crippen LogP contribution in [0.4, 0.5) is 0 Å². The van der Waals surface area contributed by atoms with Crippen molar-refractivity contribution in [3.63, 3.8) is 0 Å². The van der Waals surface area contributed by atoms with Gasteiger partial charge < -0.3 is 4.42 Å². The van der Waals surface area contributed by atoms with Crippen molar-refractivity contribution in [2.45, 2.75) is 0 Å². The largest absolute Gasteiger partial charge is 0.456 e. The summed E-state index contributed by atoms with van der Waals surface area (Å²) in [5.74, 6) is 1.94. The van der Waals surface area contributed by atoms with Gasteiger partial charge in [0.05, 0.1) is 0 Å². The Kier molecular flexibility index (Phi) is 6.52. The average Bonchev–Trinajstić information content (AvgIpc) is 3.62. The van der Waals surface area contributed by atoms with Crippen molar-refractivity contribution in [3.05, 3.63) is 176 Å². The lowest BCUT2D eigenvalue weighted by atomic mass is 9.90. The van der Waals surface area contributed by atoms with Crippen LogP contribution < -0.4 is 0 Å². The minimum atomic E-state index is 0.639. The van der Waals surface area contributed by atoms with Gasteiger partial charge in [0.1, 0.15) is 11.2 Å². The summed E-state index contributed by atoms with van der Waals surface area (Å²) in [7, 11) is 0. The molecule has 0 radical (unpaired) electrons. The van der Waals surface area contributed by atoms with Gasteiger partial charge in [-0.05, 0) is 84.9 Å². The van der Waals surface area contributed by atoms with Crippen molar-refractivity contribution in [2.24, 2.45) is 0 Å². The highest BCUT2D eigenvalue weighted by atomic mass is 16.3. The number of furan rings is 1. The molecule has 4 nitrogen and oxygen atoms in total. The highest BCUT2D eigenvalue weighted by Gasteiger charge is 2.19. The number of hydrogen-bond acceptors (Lipinski definition) is 4. The predicted molar refractivity (Wildman–Crippen MR) is 218 cm³/mol. The van der Waals surface area contributed by atoms with Crippen LogP contribution >= 0.6 is 0 Å². The molecular weight excluding hydrogens is 647 g/mol. The summed E-state index contributed by atoms with van der Waals surface area (Å²) in [4.78, 5) is 14.9. The highest BCUT2D eigenvalue weighted by Crippen LogP contribution is 2.45. The smallest absolute Gasteiger partial charge is 0.164 e. The van der Waals surface area contributed by atoms with E-state index in [0.717, 1.165) is 49.9 Å². The van der Waals surface area contributed by atoms with E-state index in [1.165, 1.54) is 43.3 Å². The van der Waals surface area contributed by atoms with Gasteiger partial charge >= 0.3 is 0 Å². The molecule has 4 heteroatoms. The van der Waals surface area contributed by atoms with Crippen LogP contribution in [0.5, 0.6) is 0 Å². The van der Waals surface area contributed by atoms with E-state index < -0.39 is 0 Å². The minimum Gasteiger partial charge on any atom is -0.456 e. The minimum absolute atomic E-state index is 0.639. The molecule has 0 fully saturated rings. The zero-order chi connectivity index (χ0) is 34.9. The van der Waals surface area contributed by atoms with Crippen LogP contribution in [0, 0.1) is 0 Å². The van der Waals surface area contributed by atoms with Crippen molar-refractivity contribution in [3.8, 4) is 56.4 Å². The quantitative estimate of drug-likeness (QED) is 0.170. The fourth-order valence-electron chi connectivity index (χ4n) is 7.85. The highest BCUT2D eigenvalue weighted by molar-refractivity contribution is 6.33. The Morgan fingerprint density at radius 2 is 0.849 bits per heavy atom. The van der Waals surface area contributed by atoms with E-state index in [9.17, 15) is 0 Å². The van der Waals surface area contributed by atoms with Crippen LogP contribution in [0.15, 0.2) is 180 Å². The van der Waals surface area contributed by atoms with Crippen molar-refractivity contribution in [1.29, 1.82) is 0 Å². The lowest BCUT2D eigenvalue weighted by Crippen LogP contribution is -2.00. The molecule has 0 atom stereocenters. The zero-order valence-corrected chi connectivity index (χ0v) is 28.5. The normalized spacial score (nSPS) is 11.8. The van der Waals surface area contributed by atoms with Crippen molar-refractivity contribution < 1.29 is 4.42 Å². The fourth-order valence-corrected chi connectivity index (χ4v) is 7.85. The van der Waals surface area contributed by atoms with Gasteiger partial charge in [-0.15, -0.1) is 0 Å². The number of aromatic nitrogens is 3. The van der Waals surface area contributed by atoms with Crippen LogP contribution in [0.3, 0.4) is 0 Å². The van der Waals surface area contributed by atoms with Crippen LogP contribution in [0.1, 0.15) is 0 Å². The number of benzene rings is 9. The molecule has 53 heavy (non-hydrogen) atoms. The van der Waals surface area contributed by atoms with E-state index >= 15 is 0 Å². The van der Waals surface area contributed by atoms with Gasteiger partial charge in [0, 0.05) is 27.5 Å². The Morgan fingerprint density at radius 1 is 0.283 bits per heavy atom. The monoisotopic (exact) mass is 675 g/mol. The third-order valence-electron chi connectivity index (χ3n) is 10.5. The first-order valence-corrected chi connectivity index (χ1v) is 17.8. The molecule has 0 saturated carbocycles. The first-order valence-electron chi connectivity index (χ1n) is 17.8. The predicted octanol–water partition coefficient (Wildman–Crippen LogP) is 13.0. The molecule has 2 aromatic heterocycles. The third-order valence-corrected chi connectivity index (χ3v) is 10.5. The zero-order valence-electron chi connectivity index (χ0n) is 28.5. The Hall–Kier alpha value is -7.17. The first-order chi connectivity index (χ1) is 26.2. The molecule has 2 heterocycles. The number of nitrogens with zero attached hydrogens (tertiary/aromatic N) is 3. The van der Waals surface area contributed by atoms with E-state index in [4.69, 9.17) is 19.4 Å². The van der Waals surface area contributed by atoms with Crippen molar-refractivity contribution >= 4 is 54.3 Å². The summed E-state index contributed by atoms with van der Waals surface area (Å²) in [6.45, 7) is 0. The summed E-state index contributed by atoms with van der Waals surface area (Å²) in [6.07, 6.45) is 0. The molecule has 0 amide bonds. The van der Waals surface area contributed by atoms with Crippen molar-refractivity contribution in [1.82, 2.24) is 15.0 Å². The Balaban J connectivity index is 1.03. The van der Waals surface area contributed by atoms with E-state index in [1.54, 1.807) is 0 Å². The molecule has 0 bridgehead atoms. The van der Waals surface area contributed by atoms with Gasteiger partial charge in [-0.2, -0.15) is 0 Å². The Morgan fingerprint density at radius 3 is 1.62 bits per heavy atom. The molecule has 11 rings (SSSR count). The lowest BCUT2D eigenvalue weighted by molar-refractivity contribution is 0.669. The van der Waals surface area contributed by atoms with Crippen LogP contribution in [-0.4, -0.2) is 15.0 Å². The second-order valence-electron chi connectivity index (χ2n) is 13.6. The SMILES string of the molecule is c1ccc(-c2cc3oc4cccc5c6cc(-c7ccc(-c8nc(-c9ccccc9)nc(-c9ccc%10ccccc%10c9)n8)cc7)ccc6c(c2)c3c45)cc1. The maximum atomic E-state index is 6.49. The van der Waals surface area contributed by atoms with E-state index in [-0.39, 0.29) is 0 Å². The molecule has 0 unspecified atom stereocenters. The lowest BCUT2D eigenvalue weighted by Gasteiger charge is -2.12. The van der Waals surface area contributed by atoms with Gasteiger partial charge in [-0.3, -0.25) is 0 Å². The number of rotatable bonds is 5. The van der Waals surface area contributed by atoms with Gasteiger partial charge in [-0.25, -0.2) is 15.0 Å². The second-order valence-corrected chi connectivity index (χ2v) is 13.6.